The number of quaternary nitrogens is 1. The molecule has 1 aromatic carbocycles. The number of hydrogen-bond acceptors (Lipinski definition) is 4. The maximum atomic E-state index is 13.0. The molecule has 0 saturated carbocycles. The molecule has 6 nitrogen and oxygen atoms in total. The van der Waals surface area contributed by atoms with Gasteiger partial charge in [0.1, 0.15) is 16.4 Å². The number of ether oxygens (including phenoxy) is 2. The van der Waals surface area contributed by atoms with Crippen LogP contribution in [-0.4, -0.2) is 39.8 Å². The number of rotatable bonds is 5. The molecule has 0 amide bonds. The van der Waals surface area contributed by atoms with Crippen molar-refractivity contribution in [3.8, 4) is 11.5 Å². The second kappa shape index (κ2) is 7.06. The SMILES string of the molecule is COc1cc(S(=O)(=O)NC2CC(C)(C)[NH2+]C(C)(C)C2)c(OC)cc1Br. The van der Waals surface area contributed by atoms with Crippen LogP contribution in [0, 0.1) is 0 Å². The molecule has 1 saturated heterocycles. The third kappa shape index (κ3) is 4.87. The van der Waals surface area contributed by atoms with Crippen molar-refractivity contribution in [2.24, 2.45) is 0 Å². The van der Waals surface area contributed by atoms with Crippen LogP contribution in [0.2, 0.25) is 0 Å². The van der Waals surface area contributed by atoms with Gasteiger partial charge in [-0.3, -0.25) is 0 Å². The Morgan fingerprint density at radius 2 is 1.60 bits per heavy atom. The van der Waals surface area contributed by atoms with Crippen LogP contribution in [0.25, 0.3) is 0 Å². The van der Waals surface area contributed by atoms with E-state index in [1.807, 2.05) is 0 Å². The molecule has 3 N–H and O–H groups in total. The van der Waals surface area contributed by atoms with Crippen molar-refractivity contribution < 1.29 is 23.2 Å². The molecular formula is C17H28BrN2O4S+. The van der Waals surface area contributed by atoms with Crippen LogP contribution in [0.1, 0.15) is 40.5 Å². The van der Waals surface area contributed by atoms with Crippen molar-refractivity contribution in [3.63, 3.8) is 0 Å². The van der Waals surface area contributed by atoms with Crippen molar-refractivity contribution in [1.82, 2.24) is 4.72 Å². The quantitative estimate of drug-likeness (QED) is 0.740. The standard InChI is InChI=1S/C17H27BrN2O4S/c1-16(2)9-11(10-17(3,4)20-16)19-25(21,22)15-8-13(23-5)12(18)7-14(15)24-6/h7-8,11,19-20H,9-10H2,1-6H3/p+1. The molecule has 1 aliphatic heterocycles. The summed E-state index contributed by atoms with van der Waals surface area (Å²) in [7, 11) is -0.790. The fourth-order valence-corrected chi connectivity index (χ4v) is 5.81. The minimum Gasteiger partial charge on any atom is -0.496 e. The monoisotopic (exact) mass is 435 g/mol. The van der Waals surface area contributed by atoms with Gasteiger partial charge < -0.3 is 14.8 Å². The van der Waals surface area contributed by atoms with Gasteiger partial charge in [-0.15, -0.1) is 0 Å². The van der Waals surface area contributed by atoms with Crippen molar-refractivity contribution in [3.05, 3.63) is 16.6 Å². The Kier molecular flexibility index (Phi) is 5.78. The number of nitrogens with two attached hydrogens (primary N) is 1. The first kappa shape index (κ1) is 20.5. The first-order valence-electron chi connectivity index (χ1n) is 8.20. The molecule has 0 unspecified atom stereocenters. The molecule has 142 valence electrons. The fourth-order valence-electron chi connectivity index (χ4n) is 3.93. The minimum atomic E-state index is -3.74. The molecule has 0 radical (unpaired) electrons. The summed E-state index contributed by atoms with van der Waals surface area (Å²) in [6.45, 7) is 8.55. The molecule has 8 heteroatoms. The molecule has 25 heavy (non-hydrogen) atoms. The van der Waals surface area contributed by atoms with Crippen LogP contribution in [0.3, 0.4) is 0 Å². The van der Waals surface area contributed by atoms with Gasteiger partial charge in [0.15, 0.2) is 0 Å². The molecule has 2 rings (SSSR count). The van der Waals surface area contributed by atoms with Crippen molar-refractivity contribution >= 4 is 26.0 Å². The predicted molar refractivity (Wildman–Crippen MR) is 101 cm³/mol. The summed E-state index contributed by atoms with van der Waals surface area (Å²) in [5.74, 6) is 0.722. The molecule has 0 aliphatic carbocycles. The second-order valence-corrected chi connectivity index (χ2v) is 10.5. The average molecular weight is 436 g/mol. The van der Waals surface area contributed by atoms with Gasteiger partial charge in [-0.2, -0.15) is 0 Å². The Balaban J connectivity index is 2.36. The molecule has 1 aliphatic rings. The molecule has 0 aromatic heterocycles. The van der Waals surface area contributed by atoms with E-state index in [4.69, 9.17) is 9.47 Å². The summed E-state index contributed by atoms with van der Waals surface area (Å²) < 4.78 is 40.0. The van der Waals surface area contributed by atoms with Gasteiger partial charge in [0.25, 0.3) is 0 Å². The number of benzene rings is 1. The zero-order valence-corrected chi connectivity index (χ0v) is 18.0. The van der Waals surface area contributed by atoms with E-state index in [-0.39, 0.29) is 27.8 Å². The van der Waals surface area contributed by atoms with Gasteiger partial charge in [-0.1, -0.05) is 0 Å². The molecule has 0 atom stereocenters. The Labute approximate surface area is 158 Å². The van der Waals surface area contributed by atoms with Crippen LogP contribution in [0.15, 0.2) is 21.5 Å². The fraction of sp³-hybridized carbons (Fsp3) is 0.647. The predicted octanol–water partition coefficient (Wildman–Crippen LogP) is 2.03. The summed E-state index contributed by atoms with van der Waals surface area (Å²) >= 11 is 3.35. The van der Waals surface area contributed by atoms with Crippen molar-refractivity contribution in [2.75, 3.05) is 14.2 Å². The van der Waals surface area contributed by atoms with E-state index >= 15 is 0 Å². The zero-order valence-electron chi connectivity index (χ0n) is 15.6. The lowest BCUT2D eigenvalue weighted by atomic mass is 9.80. The van der Waals surface area contributed by atoms with Gasteiger partial charge in [0, 0.05) is 24.9 Å². The third-order valence-electron chi connectivity index (χ3n) is 4.38. The number of halogens is 1. The third-order valence-corrected chi connectivity index (χ3v) is 6.54. The average Bonchev–Trinajstić information content (AvgIpc) is 2.42. The molecule has 1 fully saturated rings. The first-order valence-corrected chi connectivity index (χ1v) is 10.5. The minimum absolute atomic E-state index is 0.0313. The zero-order chi connectivity index (χ0) is 19.0. The normalized spacial score (nSPS) is 20.3. The summed E-state index contributed by atoms with van der Waals surface area (Å²) in [6.07, 6.45) is 1.51. The number of methoxy groups -OCH3 is 2. The highest BCUT2D eigenvalue weighted by atomic mass is 79.9. The molecular weight excluding hydrogens is 408 g/mol. The van der Waals surface area contributed by atoms with E-state index in [1.54, 1.807) is 6.07 Å². The van der Waals surface area contributed by atoms with Gasteiger partial charge >= 0.3 is 0 Å². The number of sulfonamides is 1. The van der Waals surface area contributed by atoms with Gasteiger partial charge in [0.05, 0.1) is 29.8 Å². The molecule has 0 spiro atoms. The number of piperidine rings is 1. The summed E-state index contributed by atoms with van der Waals surface area (Å²) in [5.41, 5.74) is -0.0626. The van der Waals surface area contributed by atoms with Gasteiger partial charge in [0.2, 0.25) is 10.0 Å². The molecule has 1 heterocycles. The highest BCUT2D eigenvalue weighted by Gasteiger charge is 2.43. The second-order valence-electron chi connectivity index (χ2n) is 7.99. The van der Waals surface area contributed by atoms with E-state index in [9.17, 15) is 8.42 Å². The maximum absolute atomic E-state index is 13.0. The van der Waals surface area contributed by atoms with Crippen molar-refractivity contribution in [2.45, 2.75) is 62.6 Å². The van der Waals surface area contributed by atoms with E-state index in [0.717, 1.165) is 12.8 Å². The lowest BCUT2D eigenvalue weighted by Gasteiger charge is -2.43. The summed E-state index contributed by atoms with van der Waals surface area (Å²) in [4.78, 5) is 0.0835. The van der Waals surface area contributed by atoms with Crippen LogP contribution in [-0.2, 0) is 10.0 Å². The maximum Gasteiger partial charge on any atom is 0.244 e. The lowest BCUT2D eigenvalue weighted by molar-refractivity contribution is -0.787. The van der Waals surface area contributed by atoms with Crippen LogP contribution in [0.4, 0.5) is 0 Å². The van der Waals surface area contributed by atoms with Crippen LogP contribution < -0.4 is 19.5 Å². The van der Waals surface area contributed by atoms with Crippen molar-refractivity contribution in [1.29, 1.82) is 0 Å². The highest BCUT2D eigenvalue weighted by molar-refractivity contribution is 9.10. The molecule has 1 aromatic rings. The number of nitrogens with one attached hydrogen (secondary N) is 1. The number of hydrogen-bond donors (Lipinski definition) is 2. The summed E-state index contributed by atoms with van der Waals surface area (Å²) in [5, 5.41) is 2.31. The largest absolute Gasteiger partial charge is 0.496 e. The van der Waals surface area contributed by atoms with Crippen LogP contribution >= 0.6 is 15.9 Å². The Hall–Kier alpha value is -0.830. The summed E-state index contributed by atoms with van der Waals surface area (Å²) in [6, 6.07) is 2.95. The lowest BCUT2D eigenvalue weighted by Crippen LogP contribution is -3.06. The van der Waals surface area contributed by atoms with E-state index < -0.39 is 10.0 Å². The van der Waals surface area contributed by atoms with E-state index in [0.29, 0.717) is 10.2 Å². The van der Waals surface area contributed by atoms with E-state index in [1.165, 1.54) is 20.3 Å². The van der Waals surface area contributed by atoms with Gasteiger partial charge in [-0.25, -0.2) is 13.1 Å². The molecule has 0 bridgehead atoms. The Morgan fingerprint density at radius 3 is 2.08 bits per heavy atom. The Morgan fingerprint density at radius 1 is 1.08 bits per heavy atom. The Bertz CT molecular complexity index is 731. The van der Waals surface area contributed by atoms with E-state index in [2.05, 4.69) is 53.7 Å². The van der Waals surface area contributed by atoms with Gasteiger partial charge in [-0.05, 0) is 49.7 Å². The smallest absolute Gasteiger partial charge is 0.244 e. The first-order chi connectivity index (χ1) is 11.4. The topological polar surface area (TPSA) is 81.2 Å². The van der Waals surface area contributed by atoms with Crippen LogP contribution in [0.5, 0.6) is 11.5 Å². The highest BCUT2D eigenvalue weighted by Crippen LogP contribution is 2.35.